The molecule has 0 atom stereocenters. The fourth-order valence-corrected chi connectivity index (χ4v) is 2.17. The Hall–Kier alpha value is -3.22. The molecule has 0 spiro atoms. The normalized spacial score (nSPS) is 10.4. The number of nitrogens with one attached hydrogen (secondary N) is 1. The molecular weight excluding hydrogens is 308 g/mol. The largest absolute Gasteiger partial charge is 0.480 e. The van der Waals surface area contributed by atoms with Crippen molar-refractivity contribution in [1.82, 2.24) is 15.2 Å². The first-order valence-electron chi connectivity index (χ1n) is 7.44. The van der Waals surface area contributed by atoms with Gasteiger partial charge in [-0.2, -0.15) is 0 Å². The molecule has 2 aromatic heterocycles. The third-order valence-corrected chi connectivity index (χ3v) is 3.35. The lowest BCUT2D eigenvalue weighted by molar-refractivity contribution is 0.102. The summed E-state index contributed by atoms with van der Waals surface area (Å²) in [5.74, 6) is 0.953. The monoisotopic (exact) mass is 324 g/mol. The molecule has 7 nitrogen and oxygen atoms in total. The lowest BCUT2D eigenvalue weighted by atomic mass is 10.2. The van der Waals surface area contributed by atoms with Gasteiger partial charge in [-0.3, -0.25) is 4.79 Å². The number of hydrogen-bond donors (Lipinski definition) is 1. The molecule has 2 heterocycles. The standard InChI is InChI=1S/C17H16N4O3/c1-3-14-20-21-16(24-14)11-6-4-7-12(10-11)19-15(22)13-8-5-9-18-17(13)23-2/h4-10H,3H2,1-2H3,(H,19,22). The Morgan fingerprint density at radius 3 is 2.88 bits per heavy atom. The molecular formula is C17H16N4O3. The van der Waals surface area contributed by atoms with Crippen LogP contribution in [0.5, 0.6) is 5.88 Å². The zero-order chi connectivity index (χ0) is 16.9. The second-order valence-electron chi connectivity index (χ2n) is 4.95. The molecule has 0 unspecified atom stereocenters. The summed E-state index contributed by atoms with van der Waals surface area (Å²) in [5, 5.41) is 10.8. The van der Waals surface area contributed by atoms with Crippen LogP contribution < -0.4 is 10.1 Å². The van der Waals surface area contributed by atoms with E-state index in [0.717, 1.165) is 5.56 Å². The third kappa shape index (κ3) is 3.24. The number of anilines is 1. The van der Waals surface area contributed by atoms with Gasteiger partial charge in [-0.1, -0.05) is 13.0 Å². The molecule has 24 heavy (non-hydrogen) atoms. The van der Waals surface area contributed by atoms with Crippen LogP contribution in [0.2, 0.25) is 0 Å². The van der Waals surface area contributed by atoms with Crippen molar-refractivity contribution in [2.75, 3.05) is 12.4 Å². The first-order valence-corrected chi connectivity index (χ1v) is 7.44. The van der Waals surface area contributed by atoms with Gasteiger partial charge in [0.25, 0.3) is 5.91 Å². The van der Waals surface area contributed by atoms with E-state index in [1.54, 1.807) is 36.5 Å². The van der Waals surface area contributed by atoms with Crippen molar-refractivity contribution in [2.24, 2.45) is 0 Å². The molecule has 0 saturated heterocycles. The summed E-state index contributed by atoms with van der Waals surface area (Å²) in [4.78, 5) is 16.4. The molecule has 3 rings (SSSR count). The van der Waals surface area contributed by atoms with Gasteiger partial charge in [0.1, 0.15) is 5.56 Å². The van der Waals surface area contributed by atoms with E-state index in [2.05, 4.69) is 20.5 Å². The van der Waals surface area contributed by atoms with Crippen LogP contribution in [0.4, 0.5) is 5.69 Å². The molecule has 0 aliphatic heterocycles. The number of nitrogens with zero attached hydrogens (tertiary/aromatic N) is 3. The van der Waals surface area contributed by atoms with Crippen molar-refractivity contribution in [3.05, 3.63) is 54.0 Å². The van der Waals surface area contributed by atoms with Crippen LogP contribution in [-0.4, -0.2) is 28.2 Å². The van der Waals surface area contributed by atoms with Crippen molar-refractivity contribution in [1.29, 1.82) is 0 Å². The number of ether oxygens (including phenoxy) is 1. The quantitative estimate of drug-likeness (QED) is 0.776. The molecule has 1 N–H and O–H groups in total. The zero-order valence-electron chi connectivity index (χ0n) is 13.3. The Bertz CT molecular complexity index is 860. The second-order valence-corrected chi connectivity index (χ2v) is 4.95. The topological polar surface area (TPSA) is 90.1 Å². The van der Waals surface area contributed by atoms with Gasteiger partial charge in [0.15, 0.2) is 0 Å². The van der Waals surface area contributed by atoms with Gasteiger partial charge < -0.3 is 14.5 Å². The Balaban J connectivity index is 1.83. The van der Waals surface area contributed by atoms with Crippen LogP contribution >= 0.6 is 0 Å². The molecule has 1 amide bonds. The van der Waals surface area contributed by atoms with Crippen LogP contribution in [0.15, 0.2) is 47.0 Å². The average molecular weight is 324 g/mol. The molecule has 0 fully saturated rings. The number of aryl methyl sites for hydroxylation is 1. The highest BCUT2D eigenvalue weighted by molar-refractivity contribution is 6.06. The van der Waals surface area contributed by atoms with E-state index >= 15 is 0 Å². The number of carbonyl (C=O) groups is 1. The maximum Gasteiger partial charge on any atom is 0.261 e. The molecule has 1 aromatic carbocycles. The molecule has 7 heteroatoms. The number of methoxy groups -OCH3 is 1. The van der Waals surface area contributed by atoms with Crippen LogP contribution in [0.25, 0.3) is 11.5 Å². The van der Waals surface area contributed by atoms with E-state index in [1.807, 2.05) is 13.0 Å². The van der Waals surface area contributed by atoms with Gasteiger partial charge >= 0.3 is 0 Å². The van der Waals surface area contributed by atoms with Crippen LogP contribution in [0.1, 0.15) is 23.2 Å². The minimum atomic E-state index is -0.308. The molecule has 0 radical (unpaired) electrons. The van der Waals surface area contributed by atoms with E-state index in [4.69, 9.17) is 9.15 Å². The minimum absolute atomic E-state index is 0.274. The van der Waals surface area contributed by atoms with Crippen molar-refractivity contribution in [2.45, 2.75) is 13.3 Å². The van der Waals surface area contributed by atoms with E-state index in [9.17, 15) is 4.79 Å². The number of aromatic nitrogens is 3. The fraction of sp³-hybridized carbons (Fsp3) is 0.176. The maximum atomic E-state index is 12.4. The highest BCUT2D eigenvalue weighted by atomic mass is 16.5. The van der Waals surface area contributed by atoms with Crippen molar-refractivity contribution in [3.8, 4) is 17.3 Å². The predicted octanol–water partition coefficient (Wildman–Crippen LogP) is 2.95. The Kier molecular flexibility index (Phi) is 4.51. The highest BCUT2D eigenvalue weighted by Crippen LogP contribution is 2.23. The number of rotatable bonds is 5. The molecule has 0 aliphatic rings. The summed E-state index contributed by atoms with van der Waals surface area (Å²) >= 11 is 0. The smallest absolute Gasteiger partial charge is 0.261 e. The van der Waals surface area contributed by atoms with E-state index in [-0.39, 0.29) is 11.8 Å². The van der Waals surface area contributed by atoms with Crippen LogP contribution in [0.3, 0.4) is 0 Å². The van der Waals surface area contributed by atoms with E-state index < -0.39 is 0 Å². The Morgan fingerprint density at radius 1 is 1.25 bits per heavy atom. The molecule has 0 bridgehead atoms. The first kappa shape index (κ1) is 15.7. The minimum Gasteiger partial charge on any atom is -0.480 e. The molecule has 0 aliphatic carbocycles. The number of benzene rings is 1. The van der Waals surface area contributed by atoms with Crippen LogP contribution in [0, 0.1) is 0 Å². The van der Waals surface area contributed by atoms with Crippen molar-refractivity contribution >= 4 is 11.6 Å². The van der Waals surface area contributed by atoms with Gasteiger partial charge in [0.05, 0.1) is 7.11 Å². The molecule has 0 saturated carbocycles. The molecule has 122 valence electrons. The second kappa shape index (κ2) is 6.91. The predicted molar refractivity (Wildman–Crippen MR) is 87.9 cm³/mol. The van der Waals surface area contributed by atoms with E-state index in [1.165, 1.54) is 7.11 Å². The van der Waals surface area contributed by atoms with Crippen molar-refractivity contribution < 1.29 is 13.9 Å². The van der Waals surface area contributed by atoms with Gasteiger partial charge in [-0.15, -0.1) is 10.2 Å². The zero-order valence-corrected chi connectivity index (χ0v) is 13.3. The van der Waals surface area contributed by atoms with Gasteiger partial charge in [-0.05, 0) is 30.3 Å². The lowest BCUT2D eigenvalue weighted by Crippen LogP contribution is -2.13. The van der Waals surface area contributed by atoms with Gasteiger partial charge in [-0.25, -0.2) is 4.98 Å². The SMILES string of the molecule is CCc1nnc(-c2cccc(NC(=O)c3cccnc3OC)c2)o1. The highest BCUT2D eigenvalue weighted by Gasteiger charge is 2.14. The summed E-state index contributed by atoms with van der Waals surface area (Å²) in [7, 11) is 1.47. The summed E-state index contributed by atoms with van der Waals surface area (Å²) in [5.41, 5.74) is 1.70. The fourth-order valence-electron chi connectivity index (χ4n) is 2.17. The Morgan fingerprint density at radius 2 is 2.12 bits per heavy atom. The van der Waals surface area contributed by atoms with Crippen LogP contribution in [-0.2, 0) is 6.42 Å². The maximum absolute atomic E-state index is 12.4. The number of pyridine rings is 1. The third-order valence-electron chi connectivity index (χ3n) is 3.35. The van der Waals surface area contributed by atoms with E-state index in [0.29, 0.717) is 29.5 Å². The summed E-state index contributed by atoms with van der Waals surface area (Å²) < 4.78 is 10.6. The number of amides is 1. The Labute approximate surface area is 138 Å². The summed E-state index contributed by atoms with van der Waals surface area (Å²) in [6, 6.07) is 10.5. The number of carbonyl (C=O) groups excluding carboxylic acids is 1. The summed E-state index contributed by atoms with van der Waals surface area (Å²) in [6.45, 7) is 1.94. The average Bonchev–Trinajstić information content (AvgIpc) is 3.11. The molecule has 3 aromatic rings. The first-order chi connectivity index (χ1) is 11.7. The number of hydrogen-bond acceptors (Lipinski definition) is 6. The lowest BCUT2D eigenvalue weighted by Gasteiger charge is -2.08. The summed E-state index contributed by atoms with van der Waals surface area (Å²) in [6.07, 6.45) is 2.24. The van der Waals surface area contributed by atoms with Gasteiger partial charge in [0, 0.05) is 23.9 Å². The van der Waals surface area contributed by atoms with Crippen molar-refractivity contribution in [3.63, 3.8) is 0 Å². The van der Waals surface area contributed by atoms with Gasteiger partial charge in [0.2, 0.25) is 17.7 Å².